The SMILES string of the molecule is CC(C)c1ccc(SC(CO)c2ccccc2)cc1. The summed E-state index contributed by atoms with van der Waals surface area (Å²) in [5.74, 6) is 0.557. The van der Waals surface area contributed by atoms with Gasteiger partial charge in [-0.1, -0.05) is 56.3 Å². The first-order chi connectivity index (χ1) is 9.20. The van der Waals surface area contributed by atoms with Gasteiger partial charge in [-0.2, -0.15) is 0 Å². The summed E-state index contributed by atoms with van der Waals surface area (Å²) in [5, 5.41) is 9.67. The molecule has 1 unspecified atom stereocenters. The van der Waals surface area contributed by atoms with E-state index in [1.54, 1.807) is 11.8 Å². The molecule has 100 valence electrons. The fraction of sp³-hybridized carbons (Fsp3) is 0.294. The van der Waals surface area contributed by atoms with Gasteiger partial charge in [-0.15, -0.1) is 11.8 Å². The highest BCUT2D eigenvalue weighted by Crippen LogP contribution is 2.35. The maximum Gasteiger partial charge on any atom is 0.0594 e. The molecule has 0 radical (unpaired) electrons. The van der Waals surface area contributed by atoms with Crippen LogP contribution in [0, 0.1) is 0 Å². The predicted octanol–water partition coefficient (Wildman–Crippen LogP) is 4.64. The molecule has 1 N–H and O–H groups in total. The van der Waals surface area contributed by atoms with E-state index in [2.05, 4.69) is 50.2 Å². The first-order valence-electron chi connectivity index (χ1n) is 6.63. The third-order valence-electron chi connectivity index (χ3n) is 3.16. The summed E-state index contributed by atoms with van der Waals surface area (Å²) >= 11 is 1.71. The summed E-state index contributed by atoms with van der Waals surface area (Å²) in [6, 6.07) is 18.8. The molecule has 0 aliphatic heterocycles. The van der Waals surface area contributed by atoms with Crippen LogP contribution in [0.3, 0.4) is 0 Å². The Bertz CT molecular complexity index is 490. The quantitative estimate of drug-likeness (QED) is 0.800. The Hall–Kier alpha value is -1.25. The molecule has 0 saturated heterocycles. The van der Waals surface area contributed by atoms with Crippen LogP contribution >= 0.6 is 11.8 Å². The standard InChI is InChI=1S/C17H20OS/c1-13(2)14-8-10-16(11-9-14)19-17(12-18)15-6-4-3-5-7-15/h3-11,13,17-18H,12H2,1-2H3. The molecule has 2 rings (SSSR count). The van der Waals surface area contributed by atoms with Crippen LogP contribution in [-0.2, 0) is 0 Å². The van der Waals surface area contributed by atoms with E-state index >= 15 is 0 Å². The van der Waals surface area contributed by atoms with Crippen LogP contribution < -0.4 is 0 Å². The average molecular weight is 272 g/mol. The van der Waals surface area contributed by atoms with Crippen molar-refractivity contribution in [1.29, 1.82) is 0 Å². The molecule has 19 heavy (non-hydrogen) atoms. The largest absolute Gasteiger partial charge is 0.395 e. The van der Waals surface area contributed by atoms with E-state index in [1.165, 1.54) is 16.0 Å². The van der Waals surface area contributed by atoms with Crippen LogP contribution in [0.1, 0.15) is 36.1 Å². The number of aliphatic hydroxyl groups is 1. The zero-order valence-electron chi connectivity index (χ0n) is 11.4. The molecule has 0 aliphatic rings. The van der Waals surface area contributed by atoms with Crippen LogP contribution in [0.5, 0.6) is 0 Å². The third kappa shape index (κ3) is 3.85. The van der Waals surface area contributed by atoms with Gasteiger partial charge in [0.15, 0.2) is 0 Å². The van der Waals surface area contributed by atoms with Crippen molar-refractivity contribution in [1.82, 2.24) is 0 Å². The van der Waals surface area contributed by atoms with Crippen molar-refractivity contribution in [2.24, 2.45) is 0 Å². The van der Waals surface area contributed by atoms with Crippen molar-refractivity contribution in [2.45, 2.75) is 29.9 Å². The molecule has 0 spiro atoms. The Balaban J connectivity index is 2.10. The molecule has 1 nitrogen and oxygen atoms in total. The molecule has 0 heterocycles. The number of hydrogen-bond donors (Lipinski definition) is 1. The predicted molar refractivity (Wildman–Crippen MR) is 82.7 cm³/mol. The van der Waals surface area contributed by atoms with Crippen molar-refractivity contribution in [3.63, 3.8) is 0 Å². The molecule has 0 fully saturated rings. The van der Waals surface area contributed by atoms with Gasteiger partial charge >= 0.3 is 0 Å². The Labute approximate surface area is 119 Å². The zero-order valence-corrected chi connectivity index (χ0v) is 12.2. The fourth-order valence-electron chi connectivity index (χ4n) is 1.97. The minimum atomic E-state index is 0.103. The summed E-state index contributed by atoms with van der Waals surface area (Å²) in [4.78, 5) is 1.20. The van der Waals surface area contributed by atoms with Crippen LogP contribution in [-0.4, -0.2) is 11.7 Å². The van der Waals surface area contributed by atoms with Gasteiger partial charge in [0.05, 0.1) is 11.9 Å². The molecule has 2 aromatic rings. The lowest BCUT2D eigenvalue weighted by atomic mass is 10.0. The maximum atomic E-state index is 9.56. The van der Waals surface area contributed by atoms with Gasteiger partial charge in [0.1, 0.15) is 0 Å². The van der Waals surface area contributed by atoms with Crippen molar-refractivity contribution in [3.05, 3.63) is 65.7 Å². The molecule has 2 heteroatoms. The number of rotatable bonds is 5. The number of thioether (sulfide) groups is 1. The summed E-state index contributed by atoms with van der Waals surface area (Å²) in [6.07, 6.45) is 0. The van der Waals surface area contributed by atoms with E-state index in [0.29, 0.717) is 5.92 Å². The fourth-order valence-corrected chi connectivity index (χ4v) is 2.96. The number of benzene rings is 2. The minimum absolute atomic E-state index is 0.103. The molecular weight excluding hydrogens is 252 g/mol. The van der Waals surface area contributed by atoms with Crippen molar-refractivity contribution in [3.8, 4) is 0 Å². The Kier molecular flexibility index (Phi) is 5.06. The number of hydrogen-bond acceptors (Lipinski definition) is 2. The van der Waals surface area contributed by atoms with Gasteiger partial charge in [0, 0.05) is 4.90 Å². The molecule has 0 bridgehead atoms. The molecule has 0 amide bonds. The second-order valence-electron chi connectivity index (χ2n) is 4.92. The highest BCUT2D eigenvalue weighted by molar-refractivity contribution is 7.99. The molecular formula is C17H20OS. The van der Waals surface area contributed by atoms with Gasteiger partial charge < -0.3 is 5.11 Å². The Morgan fingerprint density at radius 1 is 0.895 bits per heavy atom. The molecule has 1 atom stereocenters. The van der Waals surface area contributed by atoms with Crippen LogP contribution in [0.2, 0.25) is 0 Å². The summed E-state index contributed by atoms with van der Waals surface area (Å²) in [5.41, 5.74) is 2.52. The van der Waals surface area contributed by atoms with Crippen molar-refractivity contribution >= 4 is 11.8 Å². The van der Waals surface area contributed by atoms with Gasteiger partial charge in [-0.05, 0) is 29.2 Å². The van der Waals surface area contributed by atoms with E-state index in [9.17, 15) is 5.11 Å². The van der Waals surface area contributed by atoms with E-state index < -0.39 is 0 Å². The molecule has 0 aromatic heterocycles. The molecule has 0 aliphatic carbocycles. The summed E-state index contributed by atoms with van der Waals surface area (Å²) in [6.45, 7) is 4.55. The van der Waals surface area contributed by atoms with E-state index in [-0.39, 0.29) is 11.9 Å². The van der Waals surface area contributed by atoms with Gasteiger partial charge in [-0.25, -0.2) is 0 Å². The lowest BCUT2D eigenvalue weighted by Gasteiger charge is -2.15. The lowest BCUT2D eigenvalue weighted by Crippen LogP contribution is -1.99. The third-order valence-corrected chi connectivity index (χ3v) is 4.41. The lowest BCUT2D eigenvalue weighted by molar-refractivity contribution is 0.296. The number of aliphatic hydroxyl groups excluding tert-OH is 1. The summed E-state index contributed by atoms with van der Waals surface area (Å²) in [7, 11) is 0. The van der Waals surface area contributed by atoms with Gasteiger partial charge in [0.2, 0.25) is 0 Å². The second kappa shape index (κ2) is 6.78. The van der Waals surface area contributed by atoms with Crippen LogP contribution in [0.4, 0.5) is 0 Å². The first kappa shape index (κ1) is 14.2. The monoisotopic (exact) mass is 272 g/mol. The smallest absolute Gasteiger partial charge is 0.0594 e. The Morgan fingerprint density at radius 3 is 2.05 bits per heavy atom. The topological polar surface area (TPSA) is 20.2 Å². The van der Waals surface area contributed by atoms with E-state index in [0.717, 1.165) is 0 Å². The minimum Gasteiger partial charge on any atom is -0.395 e. The van der Waals surface area contributed by atoms with Crippen molar-refractivity contribution < 1.29 is 5.11 Å². The first-order valence-corrected chi connectivity index (χ1v) is 7.51. The summed E-state index contributed by atoms with van der Waals surface area (Å²) < 4.78 is 0. The highest BCUT2D eigenvalue weighted by atomic mass is 32.2. The highest BCUT2D eigenvalue weighted by Gasteiger charge is 2.11. The maximum absolute atomic E-state index is 9.56. The van der Waals surface area contributed by atoms with Crippen molar-refractivity contribution in [2.75, 3.05) is 6.61 Å². The van der Waals surface area contributed by atoms with Crippen LogP contribution in [0.25, 0.3) is 0 Å². The zero-order chi connectivity index (χ0) is 13.7. The molecule has 0 saturated carbocycles. The van der Waals surface area contributed by atoms with Crippen LogP contribution in [0.15, 0.2) is 59.5 Å². The average Bonchev–Trinajstić information content (AvgIpc) is 2.46. The second-order valence-corrected chi connectivity index (χ2v) is 6.20. The Morgan fingerprint density at radius 2 is 1.53 bits per heavy atom. The van der Waals surface area contributed by atoms with Gasteiger partial charge in [-0.3, -0.25) is 0 Å². The molecule has 2 aromatic carbocycles. The van der Waals surface area contributed by atoms with Gasteiger partial charge in [0.25, 0.3) is 0 Å². The normalized spacial score (nSPS) is 12.6. The van der Waals surface area contributed by atoms with E-state index in [4.69, 9.17) is 0 Å². The van der Waals surface area contributed by atoms with E-state index in [1.807, 2.05) is 18.2 Å².